The smallest absolute Gasteiger partial charge is 0.271 e. The van der Waals surface area contributed by atoms with Crippen molar-refractivity contribution in [3.63, 3.8) is 0 Å². The van der Waals surface area contributed by atoms with Crippen LogP contribution in [0.3, 0.4) is 0 Å². The molecule has 1 aromatic rings. The molecule has 0 spiro atoms. The van der Waals surface area contributed by atoms with Gasteiger partial charge in [-0.1, -0.05) is 19.8 Å². The third-order valence-corrected chi connectivity index (χ3v) is 3.85. The van der Waals surface area contributed by atoms with Gasteiger partial charge in [-0.05, 0) is 43.7 Å². The summed E-state index contributed by atoms with van der Waals surface area (Å²) in [5.74, 6) is 1.96. The summed E-state index contributed by atoms with van der Waals surface area (Å²) in [6, 6.07) is 3.50. The number of hydrogen-bond donors (Lipinski definition) is 2. The minimum Gasteiger partial charge on any atom is -0.369 e. The van der Waals surface area contributed by atoms with Gasteiger partial charge in [0, 0.05) is 13.1 Å². The Hall–Kier alpha value is -1.65. The van der Waals surface area contributed by atoms with E-state index in [-0.39, 0.29) is 5.91 Å². The summed E-state index contributed by atoms with van der Waals surface area (Å²) in [6.45, 7) is 5.83. The third-order valence-electron chi connectivity index (χ3n) is 3.85. The summed E-state index contributed by atoms with van der Waals surface area (Å²) in [7, 11) is 0. The molecule has 0 aliphatic heterocycles. The molecule has 1 aromatic heterocycles. The Bertz CT molecular complexity index is 432. The van der Waals surface area contributed by atoms with Crippen LogP contribution < -0.4 is 10.6 Å². The molecule has 5 heteroatoms. The first-order valence-corrected chi connectivity index (χ1v) is 7.54. The Morgan fingerprint density at radius 1 is 1.35 bits per heavy atom. The van der Waals surface area contributed by atoms with Crippen LogP contribution in [-0.4, -0.2) is 29.2 Å². The Labute approximate surface area is 120 Å². The van der Waals surface area contributed by atoms with Crippen LogP contribution in [0.1, 0.15) is 50.0 Å². The largest absolute Gasteiger partial charge is 0.369 e. The van der Waals surface area contributed by atoms with E-state index in [0.29, 0.717) is 17.4 Å². The Morgan fingerprint density at radius 2 is 2.20 bits per heavy atom. The molecule has 20 heavy (non-hydrogen) atoms. The van der Waals surface area contributed by atoms with Crippen molar-refractivity contribution in [3.05, 3.63) is 17.8 Å². The summed E-state index contributed by atoms with van der Waals surface area (Å²) in [4.78, 5) is 12.0. The van der Waals surface area contributed by atoms with E-state index in [1.807, 2.05) is 6.92 Å². The quantitative estimate of drug-likeness (QED) is 0.867. The van der Waals surface area contributed by atoms with Crippen LogP contribution >= 0.6 is 0 Å². The van der Waals surface area contributed by atoms with Crippen LogP contribution in [0.5, 0.6) is 0 Å². The van der Waals surface area contributed by atoms with E-state index in [0.717, 1.165) is 19.0 Å². The highest BCUT2D eigenvalue weighted by molar-refractivity contribution is 5.92. The van der Waals surface area contributed by atoms with Crippen molar-refractivity contribution in [1.29, 1.82) is 0 Å². The van der Waals surface area contributed by atoms with Gasteiger partial charge in [-0.2, -0.15) is 0 Å². The fourth-order valence-electron chi connectivity index (χ4n) is 2.80. The molecule has 1 amide bonds. The second-order valence-corrected chi connectivity index (χ2v) is 5.68. The van der Waals surface area contributed by atoms with E-state index in [9.17, 15) is 4.79 Å². The summed E-state index contributed by atoms with van der Waals surface area (Å²) >= 11 is 0. The van der Waals surface area contributed by atoms with Crippen molar-refractivity contribution in [2.24, 2.45) is 11.8 Å². The van der Waals surface area contributed by atoms with E-state index in [4.69, 9.17) is 0 Å². The monoisotopic (exact) mass is 276 g/mol. The second kappa shape index (κ2) is 7.22. The van der Waals surface area contributed by atoms with Crippen molar-refractivity contribution in [2.75, 3.05) is 18.4 Å². The third kappa shape index (κ3) is 4.18. The average molecular weight is 276 g/mol. The zero-order valence-corrected chi connectivity index (χ0v) is 12.4. The first kappa shape index (κ1) is 14.8. The van der Waals surface area contributed by atoms with Gasteiger partial charge >= 0.3 is 0 Å². The molecule has 0 aromatic carbocycles. The molecular formula is C15H24N4O. The van der Waals surface area contributed by atoms with Gasteiger partial charge in [0.1, 0.15) is 5.82 Å². The molecule has 110 valence electrons. The molecule has 0 bridgehead atoms. The lowest BCUT2D eigenvalue weighted by atomic mass is 9.82. The maximum atomic E-state index is 12.0. The highest BCUT2D eigenvalue weighted by Crippen LogP contribution is 2.27. The number of rotatable bonds is 5. The van der Waals surface area contributed by atoms with Crippen LogP contribution in [0.4, 0.5) is 5.82 Å². The van der Waals surface area contributed by atoms with Crippen molar-refractivity contribution in [2.45, 2.75) is 39.5 Å². The fraction of sp³-hybridized carbons (Fsp3) is 0.667. The van der Waals surface area contributed by atoms with E-state index >= 15 is 0 Å². The van der Waals surface area contributed by atoms with Crippen LogP contribution in [0.15, 0.2) is 12.1 Å². The number of nitrogens with one attached hydrogen (secondary N) is 2. The number of carbonyl (C=O) groups excluding carboxylic acids is 1. The molecular weight excluding hydrogens is 252 g/mol. The molecule has 1 saturated carbocycles. The molecule has 2 atom stereocenters. The number of hydrogen-bond acceptors (Lipinski definition) is 4. The number of amides is 1. The van der Waals surface area contributed by atoms with Crippen molar-refractivity contribution < 1.29 is 4.79 Å². The summed E-state index contributed by atoms with van der Waals surface area (Å²) in [5.41, 5.74) is 0.385. The van der Waals surface area contributed by atoms with E-state index < -0.39 is 0 Å². The number of nitrogens with zero attached hydrogens (tertiary/aromatic N) is 2. The summed E-state index contributed by atoms with van der Waals surface area (Å²) < 4.78 is 0. The van der Waals surface area contributed by atoms with Gasteiger partial charge in [-0.25, -0.2) is 0 Å². The van der Waals surface area contributed by atoms with Crippen molar-refractivity contribution in [3.8, 4) is 0 Å². The molecule has 5 nitrogen and oxygen atoms in total. The predicted octanol–water partition coefficient (Wildman–Crippen LogP) is 2.46. The minimum atomic E-state index is -0.126. The van der Waals surface area contributed by atoms with Crippen molar-refractivity contribution >= 4 is 11.7 Å². The SMILES string of the molecule is CCNc1ccc(C(=O)NCC2CCCC(C)C2)nn1. The molecule has 2 N–H and O–H groups in total. The number of aromatic nitrogens is 2. The lowest BCUT2D eigenvalue weighted by Gasteiger charge is -2.26. The topological polar surface area (TPSA) is 66.9 Å². The maximum Gasteiger partial charge on any atom is 0.271 e. The predicted molar refractivity (Wildman–Crippen MR) is 79.7 cm³/mol. The first-order valence-electron chi connectivity index (χ1n) is 7.54. The van der Waals surface area contributed by atoms with Gasteiger partial charge in [0.2, 0.25) is 0 Å². The van der Waals surface area contributed by atoms with Gasteiger partial charge < -0.3 is 10.6 Å². The lowest BCUT2D eigenvalue weighted by Crippen LogP contribution is -2.32. The van der Waals surface area contributed by atoms with E-state index in [1.165, 1.54) is 25.7 Å². The van der Waals surface area contributed by atoms with Gasteiger partial charge in [0.15, 0.2) is 5.69 Å². The molecule has 1 heterocycles. The Morgan fingerprint density at radius 3 is 2.85 bits per heavy atom. The van der Waals surface area contributed by atoms with Gasteiger partial charge in [-0.15, -0.1) is 10.2 Å². The molecule has 2 unspecified atom stereocenters. The second-order valence-electron chi connectivity index (χ2n) is 5.68. The molecule has 0 saturated heterocycles. The zero-order chi connectivity index (χ0) is 14.4. The van der Waals surface area contributed by atoms with Crippen LogP contribution in [0, 0.1) is 11.8 Å². The summed E-state index contributed by atoms with van der Waals surface area (Å²) in [5, 5.41) is 14.0. The van der Waals surface area contributed by atoms with Crippen LogP contribution in [0.25, 0.3) is 0 Å². The Balaban J connectivity index is 1.82. The highest BCUT2D eigenvalue weighted by Gasteiger charge is 2.19. The normalized spacial score (nSPS) is 22.3. The molecule has 1 aliphatic rings. The number of carbonyl (C=O) groups is 1. The van der Waals surface area contributed by atoms with Gasteiger partial charge in [0.25, 0.3) is 5.91 Å². The van der Waals surface area contributed by atoms with E-state index in [1.54, 1.807) is 12.1 Å². The average Bonchev–Trinajstić information content (AvgIpc) is 2.46. The molecule has 1 fully saturated rings. The van der Waals surface area contributed by atoms with Crippen LogP contribution in [0.2, 0.25) is 0 Å². The minimum absolute atomic E-state index is 0.126. The van der Waals surface area contributed by atoms with Gasteiger partial charge in [0.05, 0.1) is 0 Å². The molecule has 2 rings (SSSR count). The maximum absolute atomic E-state index is 12.0. The Kier molecular flexibility index (Phi) is 5.32. The standard InChI is InChI=1S/C15H24N4O/c1-3-16-14-8-7-13(18-19-14)15(20)17-10-12-6-4-5-11(2)9-12/h7-8,11-12H,3-6,9-10H2,1-2H3,(H,16,19)(H,17,20). The lowest BCUT2D eigenvalue weighted by molar-refractivity contribution is 0.0934. The number of anilines is 1. The first-order chi connectivity index (χ1) is 9.69. The molecule has 0 radical (unpaired) electrons. The van der Waals surface area contributed by atoms with Gasteiger partial charge in [-0.3, -0.25) is 4.79 Å². The van der Waals surface area contributed by atoms with E-state index in [2.05, 4.69) is 27.8 Å². The highest BCUT2D eigenvalue weighted by atomic mass is 16.1. The van der Waals surface area contributed by atoms with Crippen LogP contribution in [-0.2, 0) is 0 Å². The molecule has 1 aliphatic carbocycles. The zero-order valence-electron chi connectivity index (χ0n) is 12.4. The fourth-order valence-corrected chi connectivity index (χ4v) is 2.80. The summed E-state index contributed by atoms with van der Waals surface area (Å²) in [6.07, 6.45) is 5.03. The van der Waals surface area contributed by atoms with Crippen molar-refractivity contribution in [1.82, 2.24) is 15.5 Å².